The van der Waals surface area contributed by atoms with Gasteiger partial charge in [0, 0.05) is 0 Å². The normalized spacial score (nSPS) is 0. The molecule has 0 fully saturated rings. The molecule has 0 rings (SSSR count). The Morgan fingerprint density at radius 2 is 0.600 bits per heavy atom. The zero-order valence-electron chi connectivity index (χ0n) is 2.43. The van der Waals surface area contributed by atoms with Crippen molar-refractivity contribution < 1.29 is 43.7 Å². The molecular weight excluding hydrogens is 279 g/mol. The second-order valence-corrected chi connectivity index (χ2v) is 0. The van der Waals surface area contributed by atoms with Crippen molar-refractivity contribution in [3.05, 3.63) is 0 Å². The molecule has 0 bridgehead atoms. The maximum Gasteiger partial charge on any atom is 4.00 e. The van der Waals surface area contributed by atoms with Crippen molar-refractivity contribution in [1.82, 2.24) is 0 Å². The van der Waals surface area contributed by atoms with E-state index in [1.54, 1.807) is 0 Å². The number of rotatable bonds is 0. The van der Waals surface area contributed by atoms with Gasteiger partial charge in [0.2, 0.25) is 0 Å². The van der Waals surface area contributed by atoms with E-state index in [1.165, 1.54) is 0 Å². The van der Waals surface area contributed by atoms with Crippen molar-refractivity contribution in [1.29, 1.82) is 0 Å². The fourth-order valence-corrected chi connectivity index (χ4v) is 0. The molecule has 0 radical (unpaired) electrons. The third kappa shape index (κ3) is 28.3. The molecule has 0 aromatic rings. The second-order valence-electron chi connectivity index (χ2n) is 0. The van der Waals surface area contributed by atoms with Crippen molar-refractivity contribution in [2.75, 3.05) is 0 Å². The average molecular weight is 279 g/mol. The molecule has 0 aromatic carbocycles. The van der Waals surface area contributed by atoms with Crippen LogP contribution in [0.2, 0.25) is 0 Å². The van der Waals surface area contributed by atoms with Gasteiger partial charge in [-0.05, 0) is 0 Å². The van der Waals surface area contributed by atoms with E-state index >= 15 is 0 Å². The molecule has 0 spiro atoms. The monoisotopic (exact) mass is 282 g/mol. The SMILES string of the molecule is [Cd+2].[O-2].[O-2].[O-2].[Sn+4]. The zero-order valence-corrected chi connectivity index (χ0v) is 9.32. The van der Waals surface area contributed by atoms with E-state index in [1.807, 2.05) is 0 Å². The minimum Gasteiger partial charge on any atom is -2.00 e. The molecule has 5 heteroatoms. The minimum atomic E-state index is 0. The molecule has 0 amide bonds. The Hall–Kier alpha value is 1.60. The molecule has 24 valence electrons. The van der Waals surface area contributed by atoms with Crippen LogP contribution in [0.25, 0.3) is 0 Å². The van der Waals surface area contributed by atoms with Gasteiger partial charge in [0.05, 0.1) is 0 Å². The first-order valence-electron chi connectivity index (χ1n) is 0. The molecular formula is CdO3Sn. The van der Waals surface area contributed by atoms with Gasteiger partial charge in [0.25, 0.3) is 0 Å². The van der Waals surface area contributed by atoms with E-state index < -0.39 is 0 Å². The molecule has 0 atom stereocenters. The van der Waals surface area contributed by atoms with E-state index in [9.17, 15) is 0 Å². The molecule has 0 unspecified atom stereocenters. The summed E-state index contributed by atoms with van der Waals surface area (Å²) < 4.78 is 0. The molecule has 3 nitrogen and oxygen atoms in total. The van der Waals surface area contributed by atoms with Crippen LogP contribution in [0.3, 0.4) is 0 Å². The van der Waals surface area contributed by atoms with Crippen molar-refractivity contribution in [2.45, 2.75) is 0 Å². The van der Waals surface area contributed by atoms with E-state index in [-0.39, 0.29) is 67.6 Å². The van der Waals surface area contributed by atoms with Crippen molar-refractivity contribution in [3.63, 3.8) is 0 Å². The van der Waals surface area contributed by atoms with Gasteiger partial charge in [-0.25, -0.2) is 0 Å². The average Bonchev–Trinajstić information content (AvgIpc) is 0. The third-order valence-electron chi connectivity index (χ3n) is 0. The van der Waals surface area contributed by atoms with Crippen molar-refractivity contribution >= 4 is 23.9 Å². The Morgan fingerprint density at radius 1 is 0.600 bits per heavy atom. The van der Waals surface area contributed by atoms with Crippen LogP contribution in [0.15, 0.2) is 0 Å². The smallest absolute Gasteiger partial charge is 2.00 e. The van der Waals surface area contributed by atoms with Gasteiger partial charge in [-0.1, -0.05) is 0 Å². The molecule has 0 N–H and O–H groups in total. The van der Waals surface area contributed by atoms with Crippen molar-refractivity contribution in [3.8, 4) is 0 Å². The van der Waals surface area contributed by atoms with E-state index in [0.29, 0.717) is 0 Å². The molecule has 0 aliphatic heterocycles. The van der Waals surface area contributed by atoms with Crippen LogP contribution < -0.4 is 0 Å². The summed E-state index contributed by atoms with van der Waals surface area (Å²) in [5.74, 6) is 0. The molecule has 0 aromatic heterocycles. The van der Waals surface area contributed by atoms with Crippen molar-refractivity contribution in [2.24, 2.45) is 0 Å². The molecule has 0 aliphatic rings. The van der Waals surface area contributed by atoms with Crippen LogP contribution >= 0.6 is 0 Å². The predicted molar refractivity (Wildman–Crippen MR) is 7.81 cm³/mol. The van der Waals surface area contributed by atoms with Crippen LogP contribution in [0.5, 0.6) is 0 Å². The maximum absolute atomic E-state index is 0. The summed E-state index contributed by atoms with van der Waals surface area (Å²) in [5, 5.41) is 0. The van der Waals surface area contributed by atoms with E-state index in [0.717, 1.165) is 0 Å². The largest absolute Gasteiger partial charge is 4.00 e. The van der Waals surface area contributed by atoms with Gasteiger partial charge < -0.3 is 16.4 Å². The van der Waals surface area contributed by atoms with Crippen LogP contribution in [-0.4, -0.2) is 23.9 Å². The van der Waals surface area contributed by atoms with Crippen LogP contribution in [-0.2, 0) is 43.7 Å². The summed E-state index contributed by atoms with van der Waals surface area (Å²) in [6, 6.07) is 0. The summed E-state index contributed by atoms with van der Waals surface area (Å²) in [6.45, 7) is 0. The Bertz CT molecular complexity index is 6.85. The summed E-state index contributed by atoms with van der Waals surface area (Å²) in [6.07, 6.45) is 0. The van der Waals surface area contributed by atoms with Crippen LogP contribution in [0, 0.1) is 0 Å². The third-order valence-corrected chi connectivity index (χ3v) is 0. The molecule has 0 heterocycles. The summed E-state index contributed by atoms with van der Waals surface area (Å²) in [7, 11) is 0. The molecule has 0 saturated carbocycles. The fourth-order valence-electron chi connectivity index (χ4n) is 0. The Balaban J connectivity index is 0. The predicted octanol–water partition coefficient (Wildman–Crippen LogP) is -0.740. The van der Waals surface area contributed by atoms with Gasteiger partial charge >= 0.3 is 51.2 Å². The first kappa shape index (κ1) is 80.8. The van der Waals surface area contributed by atoms with Crippen LogP contribution in [0.1, 0.15) is 0 Å². The summed E-state index contributed by atoms with van der Waals surface area (Å²) in [5.41, 5.74) is 0. The van der Waals surface area contributed by atoms with Gasteiger partial charge in [-0.3, -0.25) is 0 Å². The maximum atomic E-state index is 0. The number of hydrogen-bond acceptors (Lipinski definition) is 0. The summed E-state index contributed by atoms with van der Waals surface area (Å²) in [4.78, 5) is 0. The fraction of sp³-hybridized carbons (Fsp3) is 0. The molecule has 5 heavy (non-hydrogen) atoms. The topological polar surface area (TPSA) is 85.5 Å². The number of hydrogen-bond donors (Lipinski definition) is 0. The van der Waals surface area contributed by atoms with Gasteiger partial charge in [0.15, 0.2) is 0 Å². The Kier molecular flexibility index (Phi) is 748. The Morgan fingerprint density at radius 3 is 0.600 bits per heavy atom. The quantitative estimate of drug-likeness (QED) is 0.523. The Labute approximate surface area is 67.2 Å². The van der Waals surface area contributed by atoms with Crippen LogP contribution in [0.4, 0.5) is 0 Å². The van der Waals surface area contributed by atoms with Gasteiger partial charge in [-0.2, -0.15) is 0 Å². The first-order chi connectivity index (χ1) is 0. The van der Waals surface area contributed by atoms with E-state index in [4.69, 9.17) is 0 Å². The van der Waals surface area contributed by atoms with E-state index in [2.05, 4.69) is 0 Å². The minimum absolute atomic E-state index is 0. The first-order valence-corrected chi connectivity index (χ1v) is 0. The second kappa shape index (κ2) is 46.3. The zero-order chi connectivity index (χ0) is 0. The van der Waals surface area contributed by atoms with Gasteiger partial charge in [-0.15, -0.1) is 0 Å². The summed E-state index contributed by atoms with van der Waals surface area (Å²) >= 11 is 0. The van der Waals surface area contributed by atoms with Gasteiger partial charge in [0.1, 0.15) is 0 Å². The molecule has 0 aliphatic carbocycles. The standard InChI is InChI=1S/Cd.3O.Sn/q+2;3*-2;+4. The molecule has 0 saturated heterocycles.